The maximum atomic E-state index is 13.7. The molecule has 1 unspecified atom stereocenters. The number of ether oxygens (including phenoxy) is 1. The van der Waals surface area contributed by atoms with E-state index in [-0.39, 0.29) is 11.4 Å². The minimum Gasteiger partial charge on any atom is -0.397 e. The van der Waals surface area contributed by atoms with Gasteiger partial charge in [0.2, 0.25) is 0 Å². The second-order valence-corrected chi connectivity index (χ2v) is 6.17. The number of nitrogens with zero attached hydrogens (tertiary/aromatic N) is 1. The molecule has 1 aliphatic heterocycles. The van der Waals surface area contributed by atoms with Crippen LogP contribution in [0.2, 0.25) is 0 Å². The highest BCUT2D eigenvalue weighted by Crippen LogP contribution is 2.33. The van der Waals surface area contributed by atoms with E-state index in [9.17, 15) is 4.39 Å². The molecule has 1 saturated heterocycles. The van der Waals surface area contributed by atoms with Gasteiger partial charge in [0.1, 0.15) is 5.82 Å². The second kappa shape index (κ2) is 5.21. The lowest BCUT2D eigenvalue weighted by Crippen LogP contribution is -2.47. The first-order valence-electron chi connectivity index (χ1n) is 6.00. The summed E-state index contributed by atoms with van der Waals surface area (Å²) in [5.41, 5.74) is 7.22. The van der Waals surface area contributed by atoms with Crippen LogP contribution in [-0.4, -0.2) is 25.8 Å². The van der Waals surface area contributed by atoms with Gasteiger partial charge in [0.25, 0.3) is 0 Å². The summed E-state index contributed by atoms with van der Waals surface area (Å²) in [4.78, 5) is 2.11. The Bertz CT molecular complexity index is 455. The van der Waals surface area contributed by atoms with Crippen molar-refractivity contribution in [2.45, 2.75) is 25.4 Å². The van der Waals surface area contributed by atoms with E-state index in [4.69, 9.17) is 10.5 Å². The van der Waals surface area contributed by atoms with Crippen molar-refractivity contribution in [2.75, 3.05) is 30.8 Å². The smallest absolute Gasteiger partial charge is 0.138 e. The molecule has 1 aliphatic rings. The van der Waals surface area contributed by atoms with Gasteiger partial charge in [-0.25, -0.2) is 4.39 Å². The molecule has 1 aromatic carbocycles. The molecule has 0 saturated carbocycles. The van der Waals surface area contributed by atoms with Gasteiger partial charge in [-0.2, -0.15) is 0 Å². The van der Waals surface area contributed by atoms with Gasteiger partial charge in [-0.05, 0) is 48.4 Å². The van der Waals surface area contributed by atoms with Gasteiger partial charge in [0, 0.05) is 26.3 Å². The Kier molecular flexibility index (Phi) is 4.01. The lowest BCUT2D eigenvalue weighted by Gasteiger charge is -2.41. The van der Waals surface area contributed by atoms with Crippen LogP contribution in [0.4, 0.5) is 15.8 Å². The van der Waals surface area contributed by atoms with Crippen LogP contribution >= 0.6 is 22.6 Å². The Morgan fingerprint density at radius 3 is 2.89 bits per heavy atom. The van der Waals surface area contributed by atoms with Gasteiger partial charge in [-0.15, -0.1) is 0 Å². The minimum absolute atomic E-state index is 0.176. The molecule has 2 rings (SSSR count). The van der Waals surface area contributed by atoms with Crippen LogP contribution in [0.5, 0.6) is 0 Å². The van der Waals surface area contributed by atoms with Crippen LogP contribution in [0, 0.1) is 9.39 Å². The summed E-state index contributed by atoms with van der Waals surface area (Å²) in [5.74, 6) is -0.218. The van der Waals surface area contributed by atoms with Gasteiger partial charge in [0.15, 0.2) is 0 Å². The predicted molar refractivity (Wildman–Crippen MR) is 80.4 cm³/mol. The molecule has 0 aliphatic carbocycles. The van der Waals surface area contributed by atoms with E-state index in [0.29, 0.717) is 9.26 Å². The molecule has 1 aromatic rings. The van der Waals surface area contributed by atoms with Crippen molar-refractivity contribution in [3.63, 3.8) is 0 Å². The van der Waals surface area contributed by atoms with Crippen LogP contribution in [0.3, 0.4) is 0 Å². The van der Waals surface area contributed by atoms with Gasteiger partial charge in [0.05, 0.1) is 20.5 Å². The number of nitrogen functional groups attached to an aromatic ring is 1. The van der Waals surface area contributed by atoms with Crippen LogP contribution in [0.1, 0.15) is 19.8 Å². The molecule has 1 atom stereocenters. The average Bonchev–Trinajstić information content (AvgIpc) is 2.34. The third-order valence-electron chi connectivity index (χ3n) is 3.56. The van der Waals surface area contributed by atoms with Crippen molar-refractivity contribution in [1.29, 1.82) is 0 Å². The lowest BCUT2D eigenvalue weighted by molar-refractivity contribution is -0.00463. The highest BCUT2D eigenvalue weighted by molar-refractivity contribution is 14.1. The fourth-order valence-electron chi connectivity index (χ4n) is 2.40. The molecule has 2 N–H and O–H groups in total. The maximum Gasteiger partial charge on any atom is 0.138 e. The Balaban J connectivity index is 2.29. The second-order valence-electron chi connectivity index (χ2n) is 5.00. The highest BCUT2D eigenvalue weighted by Gasteiger charge is 2.31. The van der Waals surface area contributed by atoms with Crippen molar-refractivity contribution in [3.05, 3.63) is 21.5 Å². The maximum absolute atomic E-state index is 13.7. The first kappa shape index (κ1) is 13.9. The summed E-state index contributed by atoms with van der Waals surface area (Å²) in [6.45, 7) is 3.72. The topological polar surface area (TPSA) is 38.5 Å². The van der Waals surface area contributed by atoms with Crippen molar-refractivity contribution in [2.24, 2.45) is 0 Å². The zero-order valence-corrected chi connectivity index (χ0v) is 12.8. The first-order chi connectivity index (χ1) is 8.45. The van der Waals surface area contributed by atoms with Crippen LogP contribution in [0.25, 0.3) is 0 Å². The van der Waals surface area contributed by atoms with Gasteiger partial charge < -0.3 is 15.4 Å². The number of benzene rings is 1. The molecule has 0 bridgehead atoms. The number of anilines is 2. The van der Waals surface area contributed by atoms with Crippen molar-refractivity contribution < 1.29 is 9.13 Å². The molecule has 0 aromatic heterocycles. The molecule has 0 radical (unpaired) electrons. The quantitative estimate of drug-likeness (QED) is 0.648. The van der Waals surface area contributed by atoms with E-state index >= 15 is 0 Å². The van der Waals surface area contributed by atoms with Crippen molar-refractivity contribution in [3.8, 4) is 0 Å². The Labute approximate surface area is 121 Å². The number of piperidine rings is 1. The van der Waals surface area contributed by atoms with Crippen molar-refractivity contribution in [1.82, 2.24) is 0 Å². The normalized spacial score (nSPS) is 24.3. The molecule has 100 valence electrons. The number of hydrogen-bond acceptors (Lipinski definition) is 3. The van der Waals surface area contributed by atoms with E-state index in [1.807, 2.05) is 22.6 Å². The van der Waals surface area contributed by atoms with Gasteiger partial charge in [-0.1, -0.05) is 0 Å². The molecule has 18 heavy (non-hydrogen) atoms. The number of methoxy groups -OCH3 is 1. The molecule has 3 nitrogen and oxygen atoms in total. The minimum atomic E-state index is -0.218. The zero-order chi connectivity index (χ0) is 13.3. The molecule has 0 spiro atoms. The summed E-state index contributed by atoms with van der Waals surface area (Å²) in [6.07, 6.45) is 2.05. The lowest BCUT2D eigenvalue weighted by atomic mass is 9.94. The number of halogens is 2. The summed E-state index contributed by atoms with van der Waals surface area (Å²) in [6, 6.07) is 3.21. The summed E-state index contributed by atoms with van der Waals surface area (Å²) >= 11 is 1.95. The van der Waals surface area contributed by atoms with E-state index in [2.05, 4.69) is 11.8 Å². The predicted octanol–water partition coefficient (Wildman–Crippen LogP) is 3.02. The van der Waals surface area contributed by atoms with E-state index in [1.54, 1.807) is 13.2 Å². The summed E-state index contributed by atoms with van der Waals surface area (Å²) in [5, 5.41) is 0. The first-order valence-corrected chi connectivity index (χ1v) is 7.08. The Hall–Kier alpha value is -0.560. The molecule has 5 heteroatoms. The fourth-order valence-corrected chi connectivity index (χ4v) is 2.89. The van der Waals surface area contributed by atoms with Crippen LogP contribution in [-0.2, 0) is 4.74 Å². The average molecular weight is 364 g/mol. The Morgan fingerprint density at radius 1 is 1.50 bits per heavy atom. The monoisotopic (exact) mass is 364 g/mol. The van der Waals surface area contributed by atoms with Crippen molar-refractivity contribution >= 4 is 34.0 Å². The van der Waals surface area contributed by atoms with E-state index in [0.717, 1.165) is 31.6 Å². The molecule has 1 fully saturated rings. The molecule has 0 amide bonds. The molecular weight excluding hydrogens is 346 g/mol. The molecular formula is C13H18FIN2O. The number of rotatable bonds is 2. The van der Waals surface area contributed by atoms with Crippen LogP contribution < -0.4 is 10.6 Å². The van der Waals surface area contributed by atoms with Gasteiger partial charge in [-0.3, -0.25) is 0 Å². The fraction of sp³-hybridized carbons (Fsp3) is 0.538. The third-order valence-corrected chi connectivity index (χ3v) is 4.39. The SMILES string of the molecule is COC1(C)CCCN(c2cc(F)c(I)cc2N)C1. The summed E-state index contributed by atoms with van der Waals surface area (Å²) < 4.78 is 19.8. The number of nitrogens with two attached hydrogens (primary N) is 1. The summed E-state index contributed by atoms with van der Waals surface area (Å²) in [7, 11) is 1.72. The van der Waals surface area contributed by atoms with E-state index in [1.165, 1.54) is 6.07 Å². The van der Waals surface area contributed by atoms with Crippen LogP contribution in [0.15, 0.2) is 12.1 Å². The largest absolute Gasteiger partial charge is 0.397 e. The molecule has 1 heterocycles. The van der Waals surface area contributed by atoms with E-state index < -0.39 is 0 Å². The Morgan fingerprint density at radius 2 is 2.22 bits per heavy atom. The van der Waals surface area contributed by atoms with Gasteiger partial charge >= 0.3 is 0 Å². The standard InChI is InChI=1S/C13H18FIN2O/c1-13(18-2)4-3-5-17(8-13)12-6-9(14)10(15)7-11(12)16/h6-7H,3-5,8,16H2,1-2H3. The third kappa shape index (κ3) is 2.71. The zero-order valence-electron chi connectivity index (χ0n) is 10.7. The number of hydrogen-bond donors (Lipinski definition) is 1. The highest BCUT2D eigenvalue weighted by atomic mass is 127.